The predicted molar refractivity (Wildman–Crippen MR) is 85.4 cm³/mol. The fraction of sp³-hybridized carbons (Fsp3) is 0.235. The molecule has 0 unspecified atom stereocenters. The molecule has 0 saturated heterocycles. The molecule has 0 saturated carbocycles. The van der Waals surface area contributed by atoms with Crippen molar-refractivity contribution in [3.63, 3.8) is 0 Å². The molecule has 0 amide bonds. The van der Waals surface area contributed by atoms with E-state index in [1.54, 1.807) is 7.11 Å². The number of ether oxygens (including phenoxy) is 1. The van der Waals surface area contributed by atoms with Crippen molar-refractivity contribution >= 4 is 16.5 Å². The number of rotatable bonds is 6. The van der Waals surface area contributed by atoms with E-state index in [9.17, 15) is 0 Å². The molecule has 108 valence electrons. The fourth-order valence-electron chi connectivity index (χ4n) is 2.31. The number of methoxy groups -OCH3 is 1. The van der Waals surface area contributed by atoms with E-state index in [0.717, 1.165) is 18.8 Å². The zero-order chi connectivity index (χ0) is 14.5. The quantitative estimate of drug-likeness (QED) is 0.753. The van der Waals surface area contributed by atoms with E-state index in [4.69, 9.17) is 4.74 Å². The van der Waals surface area contributed by atoms with Crippen molar-refractivity contribution < 1.29 is 4.74 Å². The Balaban J connectivity index is 1.64. The lowest BCUT2D eigenvalue weighted by atomic mass is 10.1. The van der Waals surface area contributed by atoms with Gasteiger partial charge in [-0.2, -0.15) is 5.10 Å². The number of benzene rings is 2. The van der Waals surface area contributed by atoms with Crippen LogP contribution in [0.3, 0.4) is 0 Å². The van der Waals surface area contributed by atoms with E-state index in [1.165, 1.54) is 16.3 Å². The number of nitrogens with zero attached hydrogens (tertiary/aromatic N) is 2. The first-order chi connectivity index (χ1) is 10.3. The summed E-state index contributed by atoms with van der Waals surface area (Å²) in [5, 5.41) is 10.2. The Kier molecular flexibility index (Phi) is 4.17. The highest BCUT2D eigenvalue weighted by molar-refractivity contribution is 5.83. The molecule has 4 heteroatoms. The fourth-order valence-corrected chi connectivity index (χ4v) is 2.31. The number of hydrogen-bond donors (Lipinski definition) is 1. The van der Waals surface area contributed by atoms with Gasteiger partial charge >= 0.3 is 0 Å². The minimum atomic E-state index is 0.672. The van der Waals surface area contributed by atoms with Crippen LogP contribution in [0.15, 0.2) is 54.9 Å². The van der Waals surface area contributed by atoms with Crippen molar-refractivity contribution in [3.05, 3.63) is 60.4 Å². The van der Waals surface area contributed by atoms with Crippen LogP contribution in [0.5, 0.6) is 0 Å². The highest BCUT2D eigenvalue weighted by Gasteiger charge is 2.00. The van der Waals surface area contributed by atoms with Crippen LogP contribution in [-0.4, -0.2) is 23.5 Å². The third-order valence-corrected chi connectivity index (χ3v) is 3.47. The smallest absolute Gasteiger partial charge is 0.0729 e. The molecule has 0 spiro atoms. The van der Waals surface area contributed by atoms with Gasteiger partial charge in [-0.05, 0) is 22.4 Å². The number of anilines is 1. The molecule has 3 aromatic rings. The minimum absolute atomic E-state index is 0.672. The molecule has 0 bridgehead atoms. The van der Waals surface area contributed by atoms with Gasteiger partial charge in [0, 0.05) is 19.9 Å². The summed E-state index contributed by atoms with van der Waals surface area (Å²) in [5.74, 6) is 0. The second kappa shape index (κ2) is 6.41. The summed E-state index contributed by atoms with van der Waals surface area (Å²) in [6.45, 7) is 2.24. The van der Waals surface area contributed by atoms with Gasteiger partial charge in [-0.25, -0.2) is 0 Å². The van der Waals surface area contributed by atoms with Gasteiger partial charge in [0.2, 0.25) is 0 Å². The van der Waals surface area contributed by atoms with Gasteiger partial charge in [0.25, 0.3) is 0 Å². The monoisotopic (exact) mass is 281 g/mol. The predicted octanol–water partition coefficient (Wildman–Crippen LogP) is 3.29. The number of fused-ring (bicyclic) bond motifs is 1. The van der Waals surface area contributed by atoms with Gasteiger partial charge in [0.15, 0.2) is 0 Å². The zero-order valence-corrected chi connectivity index (χ0v) is 12.1. The average Bonchev–Trinajstić information content (AvgIpc) is 2.98. The molecule has 0 aliphatic rings. The Morgan fingerprint density at radius 1 is 1.14 bits per heavy atom. The molecule has 2 aromatic carbocycles. The van der Waals surface area contributed by atoms with Crippen molar-refractivity contribution in [1.29, 1.82) is 0 Å². The second-order valence-corrected chi connectivity index (χ2v) is 5.02. The molecule has 1 N–H and O–H groups in total. The first-order valence-corrected chi connectivity index (χ1v) is 7.08. The number of hydrogen-bond acceptors (Lipinski definition) is 3. The molecular formula is C17H19N3O. The van der Waals surface area contributed by atoms with Gasteiger partial charge in [-0.3, -0.25) is 4.68 Å². The summed E-state index contributed by atoms with van der Waals surface area (Å²) in [6, 6.07) is 14.9. The Labute approximate surface area is 124 Å². The molecule has 4 nitrogen and oxygen atoms in total. The van der Waals surface area contributed by atoms with Gasteiger partial charge in [0.05, 0.1) is 25.0 Å². The lowest BCUT2D eigenvalue weighted by molar-refractivity contribution is 0.183. The van der Waals surface area contributed by atoms with Crippen molar-refractivity contribution in [2.45, 2.75) is 13.1 Å². The summed E-state index contributed by atoms with van der Waals surface area (Å²) >= 11 is 0. The highest BCUT2D eigenvalue weighted by atomic mass is 16.5. The molecule has 0 atom stereocenters. The third kappa shape index (κ3) is 3.41. The van der Waals surface area contributed by atoms with E-state index in [2.05, 4.69) is 52.9 Å². The Bertz CT molecular complexity index is 721. The zero-order valence-electron chi connectivity index (χ0n) is 12.1. The summed E-state index contributed by atoms with van der Waals surface area (Å²) in [7, 11) is 1.70. The summed E-state index contributed by atoms with van der Waals surface area (Å²) in [5.41, 5.74) is 2.29. The molecule has 0 radical (unpaired) electrons. The Morgan fingerprint density at radius 2 is 2.00 bits per heavy atom. The molecule has 0 aliphatic carbocycles. The Morgan fingerprint density at radius 3 is 2.86 bits per heavy atom. The van der Waals surface area contributed by atoms with E-state index >= 15 is 0 Å². The van der Waals surface area contributed by atoms with Crippen LogP contribution < -0.4 is 5.32 Å². The first-order valence-electron chi connectivity index (χ1n) is 7.08. The van der Waals surface area contributed by atoms with Crippen LogP contribution in [0.1, 0.15) is 5.56 Å². The van der Waals surface area contributed by atoms with E-state index in [1.807, 2.05) is 17.1 Å². The van der Waals surface area contributed by atoms with E-state index in [-0.39, 0.29) is 0 Å². The summed E-state index contributed by atoms with van der Waals surface area (Å²) < 4.78 is 6.93. The van der Waals surface area contributed by atoms with Crippen molar-refractivity contribution in [1.82, 2.24) is 9.78 Å². The van der Waals surface area contributed by atoms with Crippen LogP contribution in [0, 0.1) is 0 Å². The number of aromatic nitrogens is 2. The second-order valence-electron chi connectivity index (χ2n) is 5.02. The van der Waals surface area contributed by atoms with Gasteiger partial charge in [0.1, 0.15) is 0 Å². The molecule has 1 aromatic heterocycles. The maximum absolute atomic E-state index is 5.04. The SMILES string of the molecule is COCCn1cc(NCc2ccc3ccccc3c2)cn1. The summed E-state index contributed by atoms with van der Waals surface area (Å²) in [6.07, 6.45) is 3.84. The van der Waals surface area contributed by atoms with Gasteiger partial charge < -0.3 is 10.1 Å². The van der Waals surface area contributed by atoms with Crippen LogP contribution >= 0.6 is 0 Å². The van der Waals surface area contributed by atoms with Gasteiger partial charge in [-0.15, -0.1) is 0 Å². The van der Waals surface area contributed by atoms with Crippen LogP contribution in [-0.2, 0) is 17.8 Å². The Hall–Kier alpha value is -2.33. The lowest BCUT2D eigenvalue weighted by Gasteiger charge is -2.05. The normalized spacial score (nSPS) is 10.9. The lowest BCUT2D eigenvalue weighted by Crippen LogP contribution is -2.04. The molecule has 1 heterocycles. The van der Waals surface area contributed by atoms with E-state index in [0.29, 0.717) is 6.61 Å². The van der Waals surface area contributed by atoms with Crippen molar-refractivity contribution in [2.24, 2.45) is 0 Å². The molecule has 0 fully saturated rings. The molecule has 21 heavy (non-hydrogen) atoms. The van der Waals surface area contributed by atoms with Gasteiger partial charge in [-0.1, -0.05) is 36.4 Å². The maximum Gasteiger partial charge on any atom is 0.0729 e. The van der Waals surface area contributed by atoms with Crippen molar-refractivity contribution in [2.75, 3.05) is 19.0 Å². The maximum atomic E-state index is 5.04. The summed E-state index contributed by atoms with van der Waals surface area (Å²) in [4.78, 5) is 0. The van der Waals surface area contributed by atoms with Crippen molar-refractivity contribution in [3.8, 4) is 0 Å². The molecular weight excluding hydrogens is 262 g/mol. The molecule has 0 aliphatic heterocycles. The van der Waals surface area contributed by atoms with Crippen LogP contribution in [0.4, 0.5) is 5.69 Å². The topological polar surface area (TPSA) is 39.1 Å². The van der Waals surface area contributed by atoms with Crippen LogP contribution in [0.25, 0.3) is 10.8 Å². The van der Waals surface area contributed by atoms with E-state index < -0.39 is 0 Å². The average molecular weight is 281 g/mol. The number of nitrogens with one attached hydrogen (secondary N) is 1. The minimum Gasteiger partial charge on any atom is -0.383 e. The van der Waals surface area contributed by atoms with Crippen LogP contribution in [0.2, 0.25) is 0 Å². The standard InChI is InChI=1S/C17H19N3O/c1-21-9-8-20-13-17(12-19-20)18-11-14-6-7-15-4-2-3-5-16(15)10-14/h2-7,10,12-13,18H,8-9,11H2,1H3. The third-order valence-electron chi connectivity index (χ3n) is 3.47. The highest BCUT2D eigenvalue weighted by Crippen LogP contribution is 2.16. The molecule has 3 rings (SSSR count). The largest absolute Gasteiger partial charge is 0.383 e. The first kappa shape index (κ1) is 13.6.